The summed E-state index contributed by atoms with van der Waals surface area (Å²) in [6.07, 6.45) is 8.60. The maximum absolute atomic E-state index is 4.57. The topological polar surface area (TPSA) is 29.9 Å². The SMILES string of the molecule is CCCNC1CCCCC1n1ccc(C)n1. The lowest BCUT2D eigenvalue weighted by molar-refractivity contribution is 0.247. The molecule has 1 aromatic heterocycles. The summed E-state index contributed by atoms with van der Waals surface area (Å²) in [4.78, 5) is 0. The van der Waals surface area contributed by atoms with E-state index in [0.717, 1.165) is 12.2 Å². The smallest absolute Gasteiger partial charge is 0.0672 e. The Hall–Kier alpha value is -0.830. The van der Waals surface area contributed by atoms with Crippen LogP contribution in [0.5, 0.6) is 0 Å². The first-order valence-electron chi connectivity index (χ1n) is 6.56. The Kier molecular flexibility index (Phi) is 3.99. The predicted molar refractivity (Wildman–Crippen MR) is 66.6 cm³/mol. The lowest BCUT2D eigenvalue weighted by atomic mass is 9.90. The van der Waals surface area contributed by atoms with Gasteiger partial charge in [0, 0.05) is 12.2 Å². The van der Waals surface area contributed by atoms with Gasteiger partial charge < -0.3 is 5.32 Å². The minimum absolute atomic E-state index is 0.564. The number of nitrogens with one attached hydrogen (secondary N) is 1. The van der Waals surface area contributed by atoms with Gasteiger partial charge in [0.2, 0.25) is 0 Å². The lowest BCUT2D eigenvalue weighted by Crippen LogP contribution is -2.40. The molecule has 2 rings (SSSR count). The van der Waals surface area contributed by atoms with Gasteiger partial charge in [0.1, 0.15) is 0 Å². The first kappa shape index (κ1) is 11.6. The predicted octanol–water partition coefficient (Wildman–Crippen LogP) is 2.67. The van der Waals surface area contributed by atoms with E-state index in [1.54, 1.807) is 0 Å². The van der Waals surface area contributed by atoms with E-state index < -0.39 is 0 Å². The lowest BCUT2D eigenvalue weighted by Gasteiger charge is -2.32. The third-order valence-corrected chi connectivity index (χ3v) is 3.47. The van der Waals surface area contributed by atoms with Crippen LogP contribution in [-0.2, 0) is 0 Å². The van der Waals surface area contributed by atoms with Crippen LogP contribution in [0.3, 0.4) is 0 Å². The summed E-state index contributed by atoms with van der Waals surface area (Å²) in [6, 6.07) is 3.29. The van der Waals surface area contributed by atoms with E-state index in [-0.39, 0.29) is 0 Å². The minimum Gasteiger partial charge on any atom is -0.312 e. The molecule has 0 aromatic carbocycles. The molecule has 16 heavy (non-hydrogen) atoms. The number of aromatic nitrogens is 2. The van der Waals surface area contributed by atoms with Crippen LogP contribution in [0.25, 0.3) is 0 Å². The summed E-state index contributed by atoms with van der Waals surface area (Å²) >= 11 is 0. The second-order valence-electron chi connectivity index (χ2n) is 4.85. The summed E-state index contributed by atoms with van der Waals surface area (Å²) in [5.41, 5.74) is 1.12. The van der Waals surface area contributed by atoms with E-state index in [4.69, 9.17) is 0 Å². The molecule has 1 aromatic rings. The molecule has 0 spiro atoms. The number of rotatable bonds is 4. The first-order chi connectivity index (χ1) is 7.81. The van der Waals surface area contributed by atoms with Crippen LogP contribution in [0.15, 0.2) is 12.3 Å². The quantitative estimate of drug-likeness (QED) is 0.847. The molecule has 1 aliphatic rings. The zero-order valence-electron chi connectivity index (χ0n) is 10.4. The molecule has 1 N–H and O–H groups in total. The van der Waals surface area contributed by atoms with Crippen molar-refractivity contribution in [2.24, 2.45) is 0 Å². The molecule has 90 valence electrons. The van der Waals surface area contributed by atoms with Gasteiger partial charge in [0.05, 0.1) is 11.7 Å². The molecule has 1 saturated carbocycles. The minimum atomic E-state index is 0.564. The summed E-state index contributed by atoms with van der Waals surface area (Å²) in [7, 11) is 0. The molecule has 1 heterocycles. The molecular weight excluding hydrogens is 198 g/mol. The van der Waals surface area contributed by atoms with Crippen molar-refractivity contribution in [2.45, 2.75) is 58.0 Å². The Morgan fingerprint density at radius 1 is 1.44 bits per heavy atom. The van der Waals surface area contributed by atoms with E-state index >= 15 is 0 Å². The molecule has 0 aliphatic heterocycles. The molecule has 0 radical (unpaired) electrons. The van der Waals surface area contributed by atoms with Crippen molar-refractivity contribution in [3.05, 3.63) is 18.0 Å². The van der Waals surface area contributed by atoms with Crippen molar-refractivity contribution in [3.8, 4) is 0 Å². The molecule has 0 bridgehead atoms. The van der Waals surface area contributed by atoms with Crippen molar-refractivity contribution in [1.29, 1.82) is 0 Å². The summed E-state index contributed by atoms with van der Waals surface area (Å²) < 4.78 is 2.17. The van der Waals surface area contributed by atoms with Crippen LogP contribution in [0, 0.1) is 6.92 Å². The second-order valence-corrected chi connectivity index (χ2v) is 4.85. The monoisotopic (exact) mass is 221 g/mol. The number of nitrogens with zero attached hydrogens (tertiary/aromatic N) is 2. The Bertz CT molecular complexity index is 319. The van der Waals surface area contributed by atoms with Crippen LogP contribution in [0.2, 0.25) is 0 Å². The van der Waals surface area contributed by atoms with Crippen LogP contribution in [0.1, 0.15) is 50.8 Å². The normalized spacial score (nSPS) is 25.9. The first-order valence-corrected chi connectivity index (χ1v) is 6.56. The van der Waals surface area contributed by atoms with Gasteiger partial charge in [0.15, 0.2) is 0 Å². The molecule has 2 atom stereocenters. The molecule has 0 amide bonds. The zero-order chi connectivity index (χ0) is 11.4. The van der Waals surface area contributed by atoms with Gasteiger partial charge in [-0.05, 0) is 38.8 Å². The van der Waals surface area contributed by atoms with E-state index in [1.165, 1.54) is 32.1 Å². The van der Waals surface area contributed by atoms with Gasteiger partial charge >= 0.3 is 0 Å². The maximum atomic E-state index is 4.57. The van der Waals surface area contributed by atoms with Gasteiger partial charge in [-0.3, -0.25) is 4.68 Å². The van der Waals surface area contributed by atoms with Crippen molar-refractivity contribution >= 4 is 0 Å². The Morgan fingerprint density at radius 3 is 2.94 bits per heavy atom. The number of hydrogen-bond donors (Lipinski definition) is 1. The number of hydrogen-bond acceptors (Lipinski definition) is 2. The van der Waals surface area contributed by atoms with E-state index in [2.05, 4.69) is 41.2 Å². The van der Waals surface area contributed by atoms with Crippen LogP contribution in [0.4, 0.5) is 0 Å². The average molecular weight is 221 g/mol. The standard InChI is InChI=1S/C13H23N3/c1-3-9-14-12-6-4-5-7-13(12)16-10-8-11(2)15-16/h8,10,12-14H,3-7,9H2,1-2H3. The van der Waals surface area contributed by atoms with Crippen LogP contribution in [-0.4, -0.2) is 22.4 Å². The Labute approximate surface area is 98.2 Å². The summed E-state index contributed by atoms with van der Waals surface area (Å²) in [6.45, 7) is 5.41. The average Bonchev–Trinajstić information content (AvgIpc) is 2.73. The highest BCUT2D eigenvalue weighted by atomic mass is 15.3. The summed E-state index contributed by atoms with van der Waals surface area (Å²) in [5.74, 6) is 0. The third kappa shape index (κ3) is 2.64. The van der Waals surface area contributed by atoms with E-state index in [0.29, 0.717) is 12.1 Å². The fourth-order valence-electron chi connectivity index (χ4n) is 2.61. The van der Waals surface area contributed by atoms with Gasteiger partial charge in [-0.2, -0.15) is 5.10 Å². The molecule has 1 fully saturated rings. The van der Waals surface area contributed by atoms with Crippen molar-refractivity contribution in [3.63, 3.8) is 0 Å². The molecule has 3 heteroatoms. The fourth-order valence-corrected chi connectivity index (χ4v) is 2.61. The zero-order valence-corrected chi connectivity index (χ0v) is 10.4. The Balaban J connectivity index is 2.04. The van der Waals surface area contributed by atoms with Crippen molar-refractivity contribution in [1.82, 2.24) is 15.1 Å². The highest BCUT2D eigenvalue weighted by Crippen LogP contribution is 2.28. The van der Waals surface area contributed by atoms with Gasteiger partial charge in [-0.15, -0.1) is 0 Å². The van der Waals surface area contributed by atoms with Gasteiger partial charge in [0.25, 0.3) is 0 Å². The van der Waals surface area contributed by atoms with E-state index in [1.807, 2.05) is 0 Å². The highest BCUT2D eigenvalue weighted by molar-refractivity contribution is 4.98. The van der Waals surface area contributed by atoms with Crippen molar-refractivity contribution < 1.29 is 0 Å². The van der Waals surface area contributed by atoms with Crippen molar-refractivity contribution in [2.75, 3.05) is 6.54 Å². The molecule has 3 nitrogen and oxygen atoms in total. The van der Waals surface area contributed by atoms with Gasteiger partial charge in [-0.1, -0.05) is 19.8 Å². The molecular formula is C13H23N3. The molecule has 2 unspecified atom stereocenters. The fraction of sp³-hybridized carbons (Fsp3) is 0.769. The van der Waals surface area contributed by atoms with Gasteiger partial charge in [-0.25, -0.2) is 0 Å². The Morgan fingerprint density at radius 2 is 2.25 bits per heavy atom. The summed E-state index contributed by atoms with van der Waals surface area (Å²) in [5, 5.41) is 8.24. The second kappa shape index (κ2) is 5.48. The molecule has 1 aliphatic carbocycles. The number of aryl methyl sites for hydroxylation is 1. The van der Waals surface area contributed by atoms with E-state index in [9.17, 15) is 0 Å². The maximum Gasteiger partial charge on any atom is 0.0672 e. The third-order valence-electron chi connectivity index (χ3n) is 3.47. The van der Waals surface area contributed by atoms with Crippen LogP contribution < -0.4 is 5.32 Å². The molecule has 0 saturated heterocycles. The highest BCUT2D eigenvalue weighted by Gasteiger charge is 2.26. The van der Waals surface area contributed by atoms with Crippen LogP contribution >= 0.6 is 0 Å². The largest absolute Gasteiger partial charge is 0.312 e.